The third-order valence-electron chi connectivity index (χ3n) is 2.70. The van der Waals surface area contributed by atoms with E-state index in [0.717, 1.165) is 30.0 Å². The van der Waals surface area contributed by atoms with Crippen molar-refractivity contribution in [3.8, 4) is 12.1 Å². The van der Waals surface area contributed by atoms with E-state index in [9.17, 15) is 0 Å². The Hall–Kier alpha value is -2.34. The maximum absolute atomic E-state index is 8.85. The summed E-state index contributed by atoms with van der Waals surface area (Å²) in [5.74, 6) is 2.13. The molecule has 1 N–H and O–H groups in total. The SMILES string of the molecule is CCCc1nc(NC)c(C)c(N(CC#N)CC#N)n1. The summed E-state index contributed by atoms with van der Waals surface area (Å²) >= 11 is 0. The summed E-state index contributed by atoms with van der Waals surface area (Å²) in [7, 11) is 1.80. The van der Waals surface area contributed by atoms with Crippen LogP contribution in [0.2, 0.25) is 0 Å². The molecule has 1 aromatic heterocycles. The molecule has 6 heteroatoms. The number of hydrogen-bond donors (Lipinski definition) is 1. The Balaban J connectivity index is 3.26. The Bertz CT molecular complexity index is 495. The summed E-state index contributed by atoms with van der Waals surface area (Å²) in [6.07, 6.45) is 1.72. The Morgan fingerprint density at radius 1 is 1.21 bits per heavy atom. The van der Waals surface area contributed by atoms with Gasteiger partial charge in [0.15, 0.2) is 0 Å². The molecule has 0 aliphatic heterocycles. The van der Waals surface area contributed by atoms with Crippen LogP contribution in [0.1, 0.15) is 24.7 Å². The number of anilines is 2. The lowest BCUT2D eigenvalue weighted by atomic mass is 10.2. The predicted molar refractivity (Wildman–Crippen MR) is 73.7 cm³/mol. The van der Waals surface area contributed by atoms with Crippen molar-refractivity contribution >= 4 is 11.6 Å². The van der Waals surface area contributed by atoms with Gasteiger partial charge in [0, 0.05) is 19.0 Å². The highest BCUT2D eigenvalue weighted by Gasteiger charge is 2.15. The number of nitrogens with zero attached hydrogens (tertiary/aromatic N) is 5. The summed E-state index contributed by atoms with van der Waals surface area (Å²) in [6.45, 7) is 4.23. The molecule has 0 aliphatic carbocycles. The smallest absolute Gasteiger partial charge is 0.139 e. The van der Waals surface area contributed by atoms with Crippen molar-refractivity contribution in [2.45, 2.75) is 26.7 Å². The first-order chi connectivity index (χ1) is 9.17. The van der Waals surface area contributed by atoms with Gasteiger partial charge < -0.3 is 10.2 Å². The van der Waals surface area contributed by atoms with Gasteiger partial charge >= 0.3 is 0 Å². The number of aromatic nitrogens is 2. The normalized spacial score (nSPS) is 9.53. The van der Waals surface area contributed by atoms with Crippen molar-refractivity contribution in [2.24, 2.45) is 0 Å². The lowest BCUT2D eigenvalue weighted by Crippen LogP contribution is -2.26. The van der Waals surface area contributed by atoms with Gasteiger partial charge in [-0.05, 0) is 13.3 Å². The third-order valence-corrected chi connectivity index (χ3v) is 2.70. The van der Waals surface area contributed by atoms with E-state index in [1.807, 2.05) is 6.92 Å². The molecule has 100 valence electrons. The van der Waals surface area contributed by atoms with Gasteiger partial charge in [-0.1, -0.05) is 6.92 Å². The maximum atomic E-state index is 8.85. The molecule has 0 amide bonds. The lowest BCUT2D eigenvalue weighted by molar-refractivity contribution is 0.814. The van der Waals surface area contributed by atoms with Gasteiger partial charge in [-0.3, -0.25) is 0 Å². The molecule has 0 radical (unpaired) electrons. The number of nitrogens with one attached hydrogen (secondary N) is 1. The van der Waals surface area contributed by atoms with E-state index >= 15 is 0 Å². The first kappa shape index (κ1) is 14.7. The number of aryl methyl sites for hydroxylation is 1. The molecule has 1 heterocycles. The average Bonchev–Trinajstić information content (AvgIpc) is 2.40. The second kappa shape index (κ2) is 7.17. The Labute approximate surface area is 113 Å². The molecule has 0 bridgehead atoms. The molecule has 0 spiro atoms. The van der Waals surface area contributed by atoms with Crippen LogP contribution in [-0.2, 0) is 6.42 Å². The number of rotatable bonds is 6. The van der Waals surface area contributed by atoms with Crippen LogP contribution in [0, 0.1) is 29.6 Å². The van der Waals surface area contributed by atoms with Crippen molar-refractivity contribution in [1.29, 1.82) is 10.5 Å². The molecular formula is C13H18N6. The summed E-state index contributed by atoms with van der Waals surface area (Å²) < 4.78 is 0. The minimum atomic E-state index is 0.139. The monoisotopic (exact) mass is 258 g/mol. The lowest BCUT2D eigenvalue weighted by Gasteiger charge is -2.21. The van der Waals surface area contributed by atoms with E-state index in [4.69, 9.17) is 10.5 Å². The maximum Gasteiger partial charge on any atom is 0.139 e. The summed E-state index contributed by atoms with van der Waals surface area (Å²) in [6, 6.07) is 4.12. The van der Waals surface area contributed by atoms with Crippen LogP contribution in [0.4, 0.5) is 11.6 Å². The fourth-order valence-corrected chi connectivity index (χ4v) is 1.81. The minimum Gasteiger partial charge on any atom is -0.373 e. The highest BCUT2D eigenvalue weighted by atomic mass is 15.2. The van der Waals surface area contributed by atoms with Crippen LogP contribution >= 0.6 is 0 Å². The number of hydrogen-bond acceptors (Lipinski definition) is 6. The third kappa shape index (κ3) is 3.56. The van der Waals surface area contributed by atoms with Crippen molar-refractivity contribution in [3.05, 3.63) is 11.4 Å². The van der Waals surface area contributed by atoms with E-state index < -0.39 is 0 Å². The van der Waals surface area contributed by atoms with Gasteiger partial charge in [-0.2, -0.15) is 10.5 Å². The largest absolute Gasteiger partial charge is 0.373 e. The average molecular weight is 258 g/mol. The molecular weight excluding hydrogens is 240 g/mol. The molecule has 0 aliphatic rings. The predicted octanol–water partition coefficient (Wildman–Crippen LogP) is 1.63. The fourth-order valence-electron chi connectivity index (χ4n) is 1.81. The van der Waals surface area contributed by atoms with E-state index in [0.29, 0.717) is 5.82 Å². The second-order valence-corrected chi connectivity index (χ2v) is 4.11. The second-order valence-electron chi connectivity index (χ2n) is 4.11. The van der Waals surface area contributed by atoms with E-state index in [2.05, 4.69) is 34.3 Å². The van der Waals surface area contributed by atoms with Crippen molar-refractivity contribution in [3.63, 3.8) is 0 Å². The topological polar surface area (TPSA) is 88.6 Å². The fraction of sp³-hybridized carbons (Fsp3) is 0.538. The standard InChI is InChI=1S/C13H18N6/c1-4-5-11-17-12(16-3)10(2)13(18-11)19(8-6-14)9-7-15/h4-5,8-9H2,1-3H3,(H,16,17,18). The van der Waals surface area contributed by atoms with Crippen molar-refractivity contribution < 1.29 is 0 Å². The van der Waals surface area contributed by atoms with E-state index in [-0.39, 0.29) is 13.1 Å². The van der Waals surface area contributed by atoms with Crippen LogP contribution in [0.25, 0.3) is 0 Å². The Morgan fingerprint density at radius 2 is 1.84 bits per heavy atom. The van der Waals surface area contributed by atoms with Crippen LogP contribution < -0.4 is 10.2 Å². The van der Waals surface area contributed by atoms with Gasteiger partial charge in [0.25, 0.3) is 0 Å². The molecule has 0 aromatic carbocycles. The highest BCUT2D eigenvalue weighted by Crippen LogP contribution is 2.23. The zero-order valence-electron chi connectivity index (χ0n) is 11.6. The molecule has 19 heavy (non-hydrogen) atoms. The van der Waals surface area contributed by atoms with E-state index in [1.165, 1.54) is 0 Å². The molecule has 0 saturated heterocycles. The number of nitriles is 2. The first-order valence-corrected chi connectivity index (χ1v) is 6.22. The van der Waals surface area contributed by atoms with Gasteiger partial charge in [0.2, 0.25) is 0 Å². The van der Waals surface area contributed by atoms with Crippen LogP contribution in [0.3, 0.4) is 0 Å². The van der Waals surface area contributed by atoms with Gasteiger partial charge in [-0.25, -0.2) is 9.97 Å². The van der Waals surface area contributed by atoms with Gasteiger partial charge in [-0.15, -0.1) is 0 Å². The minimum absolute atomic E-state index is 0.139. The molecule has 1 aromatic rings. The van der Waals surface area contributed by atoms with Crippen LogP contribution in [0.15, 0.2) is 0 Å². The molecule has 6 nitrogen and oxygen atoms in total. The zero-order valence-corrected chi connectivity index (χ0v) is 11.6. The van der Waals surface area contributed by atoms with Crippen molar-refractivity contribution in [2.75, 3.05) is 30.4 Å². The summed E-state index contributed by atoms with van der Waals surface area (Å²) in [5.41, 5.74) is 0.854. The van der Waals surface area contributed by atoms with Gasteiger partial charge in [0.05, 0.1) is 12.1 Å². The highest BCUT2D eigenvalue weighted by molar-refractivity contribution is 5.59. The van der Waals surface area contributed by atoms with Gasteiger partial charge in [0.1, 0.15) is 30.5 Å². The molecule has 0 fully saturated rings. The molecule has 0 saturated carbocycles. The molecule has 0 unspecified atom stereocenters. The molecule has 0 atom stereocenters. The zero-order chi connectivity index (χ0) is 14.3. The van der Waals surface area contributed by atoms with Crippen LogP contribution in [-0.4, -0.2) is 30.1 Å². The quantitative estimate of drug-likeness (QED) is 0.780. The Morgan fingerprint density at radius 3 is 2.32 bits per heavy atom. The summed E-state index contributed by atoms with van der Waals surface area (Å²) in [5, 5.41) is 20.7. The first-order valence-electron chi connectivity index (χ1n) is 6.22. The van der Waals surface area contributed by atoms with E-state index in [1.54, 1.807) is 11.9 Å². The molecule has 1 rings (SSSR count). The Kier molecular flexibility index (Phi) is 5.56. The van der Waals surface area contributed by atoms with Crippen LogP contribution in [0.5, 0.6) is 0 Å². The summed E-state index contributed by atoms with van der Waals surface area (Å²) in [4.78, 5) is 10.6. The van der Waals surface area contributed by atoms with Crippen molar-refractivity contribution in [1.82, 2.24) is 9.97 Å².